The van der Waals surface area contributed by atoms with E-state index in [9.17, 15) is 13.2 Å². The Bertz CT molecular complexity index is 697. The molecule has 0 aliphatic rings. The number of sulfonamides is 1. The number of carbonyl (C=O) groups excluding carboxylic acids is 1. The summed E-state index contributed by atoms with van der Waals surface area (Å²) in [6.07, 6.45) is 1.01. The van der Waals surface area contributed by atoms with Gasteiger partial charge in [0.1, 0.15) is 10.4 Å². The molecule has 0 N–H and O–H groups in total. The molecule has 0 bridgehead atoms. The molecular weight excluding hydrogens is 232 g/mol. The summed E-state index contributed by atoms with van der Waals surface area (Å²) in [6, 6.07) is 4.51. The minimum Gasteiger partial charge on any atom is -0.248 e. The summed E-state index contributed by atoms with van der Waals surface area (Å²) >= 11 is 0. The first kappa shape index (κ1) is 10.5. The van der Waals surface area contributed by atoms with Crippen molar-refractivity contribution in [2.24, 2.45) is 11.4 Å². The van der Waals surface area contributed by atoms with Crippen LogP contribution in [0.25, 0.3) is 11.0 Å². The van der Waals surface area contributed by atoms with Gasteiger partial charge >= 0.3 is 0 Å². The molecule has 7 nitrogen and oxygen atoms in total. The summed E-state index contributed by atoms with van der Waals surface area (Å²) in [7, 11) is -2.40. The molecule has 16 heavy (non-hydrogen) atoms. The highest BCUT2D eigenvalue weighted by atomic mass is 32.2. The van der Waals surface area contributed by atoms with E-state index >= 15 is 0 Å². The molecule has 1 heterocycles. The van der Waals surface area contributed by atoms with Gasteiger partial charge in [-0.1, -0.05) is 15.7 Å². The Labute approximate surface area is 90.5 Å². The van der Waals surface area contributed by atoms with Gasteiger partial charge in [-0.05, 0) is 12.1 Å². The van der Waals surface area contributed by atoms with Crippen LogP contribution in [0.5, 0.6) is 0 Å². The highest BCUT2D eigenvalue weighted by Gasteiger charge is 2.19. The molecule has 1 aromatic heterocycles. The maximum atomic E-state index is 11.5. The van der Waals surface area contributed by atoms with Gasteiger partial charge in [0, 0.05) is 7.05 Å². The third kappa shape index (κ3) is 1.50. The fourth-order valence-electron chi connectivity index (χ4n) is 1.34. The monoisotopic (exact) mass is 238 g/mol. The molecule has 82 valence electrons. The highest BCUT2D eigenvalue weighted by molar-refractivity contribution is 7.90. The molecule has 0 aliphatic heterocycles. The van der Waals surface area contributed by atoms with Crippen molar-refractivity contribution in [3.8, 4) is 0 Å². The van der Waals surface area contributed by atoms with Crippen LogP contribution in [-0.2, 0) is 21.9 Å². The van der Waals surface area contributed by atoms with E-state index in [2.05, 4.69) is 14.7 Å². The lowest BCUT2D eigenvalue weighted by Crippen LogP contribution is -1.97. The van der Waals surface area contributed by atoms with E-state index in [1.54, 1.807) is 13.1 Å². The van der Waals surface area contributed by atoms with Crippen LogP contribution in [0.1, 0.15) is 0 Å². The number of aromatic nitrogens is 3. The Hall–Kier alpha value is -2.05. The first-order chi connectivity index (χ1) is 7.56. The lowest BCUT2D eigenvalue weighted by atomic mass is 10.3. The summed E-state index contributed by atoms with van der Waals surface area (Å²) < 4.78 is 27.3. The molecule has 0 amide bonds. The molecular formula is C8H6N4O3S. The molecule has 0 atom stereocenters. The zero-order valence-electron chi connectivity index (χ0n) is 8.15. The zero-order chi connectivity index (χ0) is 11.8. The Morgan fingerprint density at radius 1 is 1.44 bits per heavy atom. The van der Waals surface area contributed by atoms with Gasteiger partial charge in [-0.2, -0.15) is 8.42 Å². The van der Waals surface area contributed by atoms with Crippen LogP contribution in [-0.4, -0.2) is 29.5 Å². The molecule has 2 aromatic rings. The Balaban J connectivity index is 2.85. The summed E-state index contributed by atoms with van der Waals surface area (Å²) in [5, 5.41) is 7.40. The van der Waals surface area contributed by atoms with Crippen LogP contribution < -0.4 is 0 Å². The van der Waals surface area contributed by atoms with Crippen molar-refractivity contribution in [3.63, 3.8) is 0 Å². The summed E-state index contributed by atoms with van der Waals surface area (Å²) in [5.74, 6) is 0. The maximum absolute atomic E-state index is 11.5. The van der Waals surface area contributed by atoms with E-state index < -0.39 is 10.0 Å². The number of rotatable bonds is 2. The van der Waals surface area contributed by atoms with Crippen molar-refractivity contribution in [2.45, 2.75) is 4.90 Å². The van der Waals surface area contributed by atoms with Gasteiger partial charge in [-0.15, -0.1) is 5.10 Å². The van der Waals surface area contributed by atoms with E-state index in [4.69, 9.17) is 0 Å². The SMILES string of the molecule is Cn1nnc2c(S(=O)(=O)N=C=O)cccc21. The first-order valence-electron chi connectivity index (χ1n) is 4.19. The van der Waals surface area contributed by atoms with Crippen LogP contribution in [0.4, 0.5) is 0 Å². The number of hydrogen-bond donors (Lipinski definition) is 0. The number of nitrogens with zero attached hydrogens (tertiary/aromatic N) is 4. The molecule has 2 rings (SSSR count). The number of benzene rings is 1. The minimum atomic E-state index is -4.04. The van der Waals surface area contributed by atoms with E-state index in [1.807, 2.05) is 0 Å². The second kappa shape index (κ2) is 3.51. The van der Waals surface area contributed by atoms with Gasteiger partial charge < -0.3 is 0 Å². The van der Waals surface area contributed by atoms with E-state index in [-0.39, 0.29) is 10.4 Å². The molecule has 0 aliphatic carbocycles. The van der Waals surface area contributed by atoms with Crippen molar-refractivity contribution < 1.29 is 13.2 Å². The molecule has 0 saturated carbocycles. The van der Waals surface area contributed by atoms with Crippen molar-refractivity contribution in [1.29, 1.82) is 0 Å². The maximum Gasteiger partial charge on any atom is 0.294 e. The quantitative estimate of drug-likeness (QED) is 0.542. The number of fused-ring (bicyclic) bond motifs is 1. The van der Waals surface area contributed by atoms with Crippen molar-refractivity contribution in [1.82, 2.24) is 15.0 Å². The van der Waals surface area contributed by atoms with Crippen molar-refractivity contribution >= 4 is 27.1 Å². The Kier molecular flexibility index (Phi) is 2.30. The third-order valence-corrected chi connectivity index (χ3v) is 3.24. The van der Waals surface area contributed by atoms with E-state index in [0.29, 0.717) is 5.52 Å². The van der Waals surface area contributed by atoms with Gasteiger partial charge in [-0.3, -0.25) is 0 Å². The lowest BCUT2D eigenvalue weighted by Gasteiger charge is -1.97. The zero-order valence-corrected chi connectivity index (χ0v) is 8.97. The molecule has 0 radical (unpaired) electrons. The topological polar surface area (TPSA) is 94.3 Å². The second-order valence-corrected chi connectivity index (χ2v) is 4.57. The fourth-order valence-corrected chi connectivity index (χ4v) is 2.18. The molecule has 0 unspecified atom stereocenters. The summed E-state index contributed by atoms with van der Waals surface area (Å²) in [4.78, 5) is 9.87. The van der Waals surface area contributed by atoms with Crippen LogP contribution in [0, 0.1) is 0 Å². The van der Waals surface area contributed by atoms with E-state index in [0.717, 1.165) is 6.08 Å². The van der Waals surface area contributed by atoms with Crippen LogP contribution in [0.15, 0.2) is 27.5 Å². The summed E-state index contributed by atoms with van der Waals surface area (Å²) in [5.41, 5.74) is 0.728. The highest BCUT2D eigenvalue weighted by Crippen LogP contribution is 2.21. The average Bonchev–Trinajstić information content (AvgIpc) is 2.60. The van der Waals surface area contributed by atoms with Crippen LogP contribution in [0.3, 0.4) is 0 Å². The standard InChI is InChI=1S/C8H6N4O3S/c1-12-6-3-2-4-7(8(6)10-11-12)16(14,15)9-5-13/h2-4H,1H3. The predicted octanol–water partition coefficient (Wildman–Crippen LogP) is -0.00720. The Morgan fingerprint density at radius 3 is 2.88 bits per heavy atom. The van der Waals surface area contributed by atoms with Crippen molar-refractivity contribution in [3.05, 3.63) is 18.2 Å². The van der Waals surface area contributed by atoms with Gasteiger partial charge in [0.15, 0.2) is 0 Å². The molecule has 0 spiro atoms. The van der Waals surface area contributed by atoms with Gasteiger partial charge in [0.25, 0.3) is 16.1 Å². The van der Waals surface area contributed by atoms with Crippen LogP contribution >= 0.6 is 0 Å². The fraction of sp³-hybridized carbons (Fsp3) is 0.125. The first-order valence-corrected chi connectivity index (χ1v) is 5.63. The van der Waals surface area contributed by atoms with Gasteiger partial charge in [-0.25, -0.2) is 9.48 Å². The predicted molar refractivity (Wildman–Crippen MR) is 53.8 cm³/mol. The number of aryl methyl sites for hydroxylation is 1. The average molecular weight is 238 g/mol. The van der Waals surface area contributed by atoms with Gasteiger partial charge in [0.2, 0.25) is 0 Å². The largest absolute Gasteiger partial charge is 0.294 e. The molecule has 0 fully saturated rings. The van der Waals surface area contributed by atoms with Gasteiger partial charge in [0.05, 0.1) is 5.52 Å². The normalized spacial score (nSPS) is 11.3. The van der Waals surface area contributed by atoms with E-state index in [1.165, 1.54) is 16.8 Å². The van der Waals surface area contributed by atoms with Crippen LogP contribution in [0.2, 0.25) is 0 Å². The number of isocyanates is 1. The molecule has 0 saturated heterocycles. The Morgan fingerprint density at radius 2 is 2.19 bits per heavy atom. The summed E-state index contributed by atoms with van der Waals surface area (Å²) in [6.45, 7) is 0. The third-order valence-electron chi connectivity index (χ3n) is 2.04. The second-order valence-electron chi connectivity index (χ2n) is 2.99. The number of hydrogen-bond acceptors (Lipinski definition) is 5. The minimum absolute atomic E-state index is 0.151. The van der Waals surface area contributed by atoms with Crippen molar-refractivity contribution in [2.75, 3.05) is 0 Å². The molecule has 1 aromatic carbocycles. The smallest absolute Gasteiger partial charge is 0.248 e. The molecule has 8 heteroatoms. The lowest BCUT2D eigenvalue weighted by molar-refractivity contribution is 0.563.